The lowest BCUT2D eigenvalue weighted by Gasteiger charge is -2.45. The molecule has 0 bridgehead atoms. The second kappa shape index (κ2) is 3.05. The van der Waals surface area contributed by atoms with Crippen LogP contribution in [0, 0.1) is 0 Å². The molecule has 74 valence electrons. The number of hydrogen-bond acceptors (Lipinski definition) is 2. The Bertz CT molecular complexity index is 372. The maximum atomic E-state index is 5.69. The van der Waals surface area contributed by atoms with Crippen LogP contribution in [-0.2, 0) is 21.7 Å². The van der Waals surface area contributed by atoms with E-state index in [2.05, 4.69) is 34.1 Å². The maximum absolute atomic E-state index is 5.69. The van der Waals surface area contributed by atoms with Crippen molar-refractivity contribution in [2.24, 2.45) is 0 Å². The van der Waals surface area contributed by atoms with E-state index >= 15 is 0 Å². The largest absolute Gasteiger partial charge is 0.373 e. The molecule has 2 aliphatic heterocycles. The summed E-state index contributed by atoms with van der Waals surface area (Å²) < 4.78 is 12.4. The first-order valence-electron chi connectivity index (χ1n) is 4.81. The van der Waals surface area contributed by atoms with E-state index in [0.29, 0.717) is 13.2 Å². The zero-order valence-electron chi connectivity index (χ0n) is 7.75. The Morgan fingerprint density at radius 3 is 2.93 bits per heavy atom. The number of hydrogen-bond donors (Lipinski definition) is 0. The van der Waals surface area contributed by atoms with Crippen molar-refractivity contribution in [3.63, 3.8) is 0 Å². The molecule has 3 rings (SSSR count). The molecule has 1 fully saturated rings. The Morgan fingerprint density at radius 1 is 1.36 bits per heavy atom. The topological polar surface area (TPSA) is 18.5 Å². The van der Waals surface area contributed by atoms with Crippen LogP contribution in [0.3, 0.4) is 0 Å². The van der Waals surface area contributed by atoms with Crippen LogP contribution in [-0.4, -0.2) is 13.2 Å². The van der Waals surface area contributed by atoms with Gasteiger partial charge in [0.1, 0.15) is 5.60 Å². The molecule has 3 heteroatoms. The standard InChI is InChI=1S/C11H11BrO2/c12-9-2-1-8-6-13-7-11(3-4-14-11)10(8)5-9/h1-2,5H,3-4,6-7H2. The van der Waals surface area contributed by atoms with E-state index in [1.165, 1.54) is 11.1 Å². The molecule has 2 nitrogen and oxygen atoms in total. The maximum Gasteiger partial charge on any atom is 0.119 e. The zero-order valence-corrected chi connectivity index (χ0v) is 9.34. The molecule has 0 aliphatic carbocycles. The highest BCUT2D eigenvalue weighted by Gasteiger charge is 2.44. The van der Waals surface area contributed by atoms with Crippen LogP contribution in [0.25, 0.3) is 0 Å². The van der Waals surface area contributed by atoms with Gasteiger partial charge in [0.2, 0.25) is 0 Å². The summed E-state index contributed by atoms with van der Waals surface area (Å²) >= 11 is 3.50. The molecule has 14 heavy (non-hydrogen) atoms. The zero-order chi connectivity index (χ0) is 9.60. The van der Waals surface area contributed by atoms with Crippen LogP contribution >= 0.6 is 15.9 Å². The van der Waals surface area contributed by atoms with Gasteiger partial charge in [-0.3, -0.25) is 0 Å². The van der Waals surface area contributed by atoms with Gasteiger partial charge in [-0.25, -0.2) is 0 Å². The lowest BCUT2D eigenvalue weighted by molar-refractivity contribution is -0.199. The number of fused-ring (bicyclic) bond motifs is 2. The van der Waals surface area contributed by atoms with Crippen LogP contribution < -0.4 is 0 Å². The molecule has 2 heterocycles. The van der Waals surface area contributed by atoms with E-state index in [4.69, 9.17) is 9.47 Å². The van der Waals surface area contributed by atoms with Gasteiger partial charge in [0.15, 0.2) is 0 Å². The van der Waals surface area contributed by atoms with Gasteiger partial charge in [-0.05, 0) is 23.3 Å². The highest BCUT2D eigenvalue weighted by molar-refractivity contribution is 9.10. The summed E-state index contributed by atoms with van der Waals surface area (Å²) in [6, 6.07) is 6.33. The second-order valence-corrected chi connectivity index (χ2v) is 4.80. The minimum absolute atomic E-state index is 0.128. The van der Waals surface area contributed by atoms with Crippen LogP contribution in [0.1, 0.15) is 17.5 Å². The molecule has 0 amide bonds. The third-order valence-electron chi connectivity index (χ3n) is 3.04. The lowest BCUT2D eigenvalue weighted by Crippen LogP contribution is -2.47. The fourth-order valence-electron chi connectivity index (χ4n) is 2.18. The summed E-state index contributed by atoms with van der Waals surface area (Å²) in [5, 5.41) is 0. The van der Waals surface area contributed by atoms with Crippen molar-refractivity contribution in [3.05, 3.63) is 33.8 Å². The molecule has 0 radical (unpaired) electrons. The Labute approximate surface area is 91.3 Å². The molecular formula is C11H11BrO2. The van der Waals surface area contributed by atoms with E-state index in [0.717, 1.165) is 17.5 Å². The van der Waals surface area contributed by atoms with Gasteiger partial charge in [0.05, 0.1) is 19.8 Å². The first-order chi connectivity index (χ1) is 6.80. The van der Waals surface area contributed by atoms with Crippen molar-refractivity contribution in [1.29, 1.82) is 0 Å². The van der Waals surface area contributed by atoms with Crippen LogP contribution in [0.15, 0.2) is 22.7 Å². The Hall–Kier alpha value is -0.380. The van der Waals surface area contributed by atoms with Gasteiger partial charge in [-0.15, -0.1) is 0 Å². The van der Waals surface area contributed by atoms with Crippen LogP contribution in [0.4, 0.5) is 0 Å². The number of benzene rings is 1. The van der Waals surface area contributed by atoms with Gasteiger partial charge in [0.25, 0.3) is 0 Å². The number of ether oxygens (including phenoxy) is 2. The predicted octanol–water partition coefficient (Wildman–Crippen LogP) is 2.59. The van der Waals surface area contributed by atoms with Gasteiger partial charge in [0, 0.05) is 10.9 Å². The summed E-state index contributed by atoms with van der Waals surface area (Å²) in [7, 11) is 0. The summed E-state index contributed by atoms with van der Waals surface area (Å²) in [6.07, 6.45) is 1.08. The van der Waals surface area contributed by atoms with Crippen molar-refractivity contribution in [2.75, 3.05) is 13.2 Å². The van der Waals surface area contributed by atoms with E-state index in [1.54, 1.807) is 0 Å². The highest BCUT2D eigenvalue weighted by atomic mass is 79.9. The van der Waals surface area contributed by atoms with Crippen LogP contribution in [0.2, 0.25) is 0 Å². The predicted molar refractivity (Wildman–Crippen MR) is 56.0 cm³/mol. The summed E-state index contributed by atoms with van der Waals surface area (Å²) in [5.74, 6) is 0. The van der Waals surface area contributed by atoms with E-state index < -0.39 is 0 Å². The molecule has 1 aromatic carbocycles. The first-order valence-corrected chi connectivity index (χ1v) is 5.60. The summed E-state index contributed by atoms with van der Waals surface area (Å²) in [6.45, 7) is 2.28. The summed E-state index contributed by atoms with van der Waals surface area (Å²) in [4.78, 5) is 0. The molecule has 0 saturated carbocycles. The van der Waals surface area contributed by atoms with E-state index in [-0.39, 0.29) is 5.60 Å². The molecule has 0 aromatic heterocycles. The Morgan fingerprint density at radius 2 is 2.21 bits per heavy atom. The average Bonchev–Trinajstić information content (AvgIpc) is 2.14. The molecular weight excluding hydrogens is 244 g/mol. The normalized spacial score (nSPS) is 29.8. The van der Waals surface area contributed by atoms with Crippen molar-refractivity contribution < 1.29 is 9.47 Å². The van der Waals surface area contributed by atoms with Crippen LogP contribution in [0.5, 0.6) is 0 Å². The number of halogens is 1. The fraction of sp³-hybridized carbons (Fsp3) is 0.455. The smallest absolute Gasteiger partial charge is 0.119 e. The van der Waals surface area contributed by atoms with Crippen molar-refractivity contribution in [3.8, 4) is 0 Å². The highest BCUT2D eigenvalue weighted by Crippen LogP contribution is 2.43. The minimum Gasteiger partial charge on any atom is -0.373 e. The molecule has 1 spiro atoms. The monoisotopic (exact) mass is 254 g/mol. The van der Waals surface area contributed by atoms with E-state index in [9.17, 15) is 0 Å². The SMILES string of the molecule is Brc1ccc2c(c1)C1(CCO1)COC2. The molecule has 2 aliphatic rings. The average molecular weight is 255 g/mol. The third kappa shape index (κ3) is 1.16. The van der Waals surface area contributed by atoms with Gasteiger partial charge in [-0.1, -0.05) is 22.0 Å². The first kappa shape index (κ1) is 8.89. The molecule has 0 N–H and O–H groups in total. The molecule has 1 aromatic rings. The Kier molecular flexibility index (Phi) is 1.94. The minimum atomic E-state index is -0.128. The molecule has 1 atom stereocenters. The third-order valence-corrected chi connectivity index (χ3v) is 3.53. The molecule has 1 unspecified atom stereocenters. The number of rotatable bonds is 0. The molecule has 1 saturated heterocycles. The fourth-order valence-corrected chi connectivity index (χ4v) is 2.54. The lowest BCUT2D eigenvalue weighted by atomic mass is 9.83. The summed E-state index contributed by atoms with van der Waals surface area (Å²) in [5.41, 5.74) is 2.45. The van der Waals surface area contributed by atoms with Gasteiger partial charge >= 0.3 is 0 Å². The van der Waals surface area contributed by atoms with Crippen molar-refractivity contribution >= 4 is 15.9 Å². The second-order valence-electron chi connectivity index (χ2n) is 3.89. The van der Waals surface area contributed by atoms with Crippen molar-refractivity contribution in [2.45, 2.75) is 18.6 Å². The quantitative estimate of drug-likeness (QED) is 0.709. The van der Waals surface area contributed by atoms with Gasteiger partial charge in [-0.2, -0.15) is 0 Å². The Balaban J connectivity index is 2.12. The van der Waals surface area contributed by atoms with E-state index in [1.807, 2.05) is 0 Å². The van der Waals surface area contributed by atoms with Crippen molar-refractivity contribution in [1.82, 2.24) is 0 Å². The van der Waals surface area contributed by atoms with Gasteiger partial charge < -0.3 is 9.47 Å².